The highest BCUT2D eigenvalue weighted by Crippen LogP contribution is 2.32. The lowest BCUT2D eigenvalue weighted by molar-refractivity contribution is 0.0955. The summed E-state index contributed by atoms with van der Waals surface area (Å²) < 4.78 is 28.1. The van der Waals surface area contributed by atoms with E-state index >= 15 is 0 Å². The number of carbonyl (C=O) groups excluding carboxylic acids is 1. The van der Waals surface area contributed by atoms with Gasteiger partial charge in [0.2, 0.25) is 0 Å². The van der Waals surface area contributed by atoms with E-state index in [4.69, 9.17) is 4.99 Å². The number of H-pyrrole nitrogens is 1. The molecule has 252 valence electrons. The van der Waals surface area contributed by atoms with Crippen molar-refractivity contribution in [3.8, 4) is 5.88 Å². The fraction of sp³-hybridized carbons (Fsp3) is 0.128. The summed E-state index contributed by atoms with van der Waals surface area (Å²) in [6, 6.07) is 26.7. The Balaban J connectivity index is 1.18. The highest BCUT2D eigenvalue weighted by molar-refractivity contribution is 6.22. The molecule has 2 aromatic heterocycles. The molecule has 50 heavy (non-hydrogen) atoms. The number of nitrogens with zero attached hydrogens (tertiary/aromatic N) is 4. The molecular weight excluding hydrogens is 638 g/mol. The van der Waals surface area contributed by atoms with E-state index in [-0.39, 0.29) is 24.5 Å². The molecule has 0 bridgehead atoms. The molecule has 0 radical (unpaired) electrons. The summed E-state index contributed by atoms with van der Waals surface area (Å²) in [4.78, 5) is 39.8. The Morgan fingerprint density at radius 2 is 1.74 bits per heavy atom. The second-order valence-electron chi connectivity index (χ2n) is 12.0. The van der Waals surface area contributed by atoms with Crippen LogP contribution in [-0.4, -0.2) is 56.8 Å². The Kier molecular flexibility index (Phi) is 10.1. The topological polar surface area (TPSA) is 116 Å². The zero-order valence-corrected chi connectivity index (χ0v) is 27.4. The SMILES string of the molecule is CN(C)Cc1ccc(N=C(c2ccccc2)c2c(O)[nH]c3cc(/C=C/CNC(=O)c4cncn(Cc5ccc(F)c(F)c5)c4=O)ccc23)cc1. The van der Waals surface area contributed by atoms with Crippen LogP contribution in [0.3, 0.4) is 0 Å². The number of aromatic amines is 1. The van der Waals surface area contributed by atoms with Gasteiger partial charge in [-0.2, -0.15) is 0 Å². The van der Waals surface area contributed by atoms with Crippen molar-refractivity contribution in [2.24, 2.45) is 4.99 Å². The van der Waals surface area contributed by atoms with Crippen molar-refractivity contribution in [2.75, 3.05) is 20.6 Å². The molecule has 1 amide bonds. The molecule has 0 aliphatic carbocycles. The van der Waals surface area contributed by atoms with Gasteiger partial charge in [0.25, 0.3) is 11.5 Å². The molecule has 0 atom stereocenters. The summed E-state index contributed by atoms with van der Waals surface area (Å²) in [7, 11) is 4.04. The van der Waals surface area contributed by atoms with Crippen LogP contribution in [0, 0.1) is 11.6 Å². The first kappa shape index (κ1) is 33.7. The molecule has 6 aromatic rings. The van der Waals surface area contributed by atoms with Crippen molar-refractivity contribution in [3.05, 3.63) is 165 Å². The van der Waals surface area contributed by atoms with E-state index in [9.17, 15) is 23.5 Å². The fourth-order valence-electron chi connectivity index (χ4n) is 5.57. The van der Waals surface area contributed by atoms with Crippen LogP contribution < -0.4 is 10.9 Å². The van der Waals surface area contributed by atoms with Crippen molar-refractivity contribution in [1.29, 1.82) is 0 Å². The number of nitrogens with one attached hydrogen (secondary N) is 2. The molecule has 0 aliphatic rings. The summed E-state index contributed by atoms with van der Waals surface area (Å²) in [5.41, 5.74) is 5.05. The zero-order valence-electron chi connectivity index (χ0n) is 27.4. The van der Waals surface area contributed by atoms with Crippen molar-refractivity contribution >= 4 is 34.3 Å². The number of aliphatic imine (C=N–C) groups is 1. The minimum Gasteiger partial charge on any atom is -0.494 e. The van der Waals surface area contributed by atoms with Gasteiger partial charge in [-0.25, -0.2) is 18.8 Å². The third-order valence-corrected chi connectivity index (χ3v) is 7.94. The van der Waals surface area contributed by atoms with Gasteiger partial charge in [-0.15, -0.1) is 0 Å². The molecule has 3 N–H and O–H groups in total. The van der Waals surface area contributed by atoms with Crippen LogP contribution in [-0.2, 0) is 13.1 Å². The molecule has 0 saturated heterocycles. The van der Waals surface area contributed by atoms with Gasteiger partial charge in [0.15, 0.2) is 17.5 Å². The molecule has 0 aliphatic heterocycles. The van der Waals surface area contributed by atoms with E-state index in [1.54, 1.807) is 6.08 Å². The number of halogens is 2. The predicted octanol–water partition coefficient (Wildman–Crippen LogP) is 6.43. The van der Waals surface area contributed by atoms with Gasteiger partial charge in [-0.1, -0.05) is 72.8 Å². The summed E-state index contributed by atoms with van der Waals surface area (Å²) in [6.07, 6.45) is 5.94. The number of aromatic nitrogens is 3. The number of hydrogen-bond donors (Lipinski definition) is 3. The Hall–Kier alpha value is -6.20. The highest BCUT2D eigenvalue weighted by Gasteiger charge is 2.19. The lowest BCUT2D eigenvalue weighted by Crippen LogP contribution is -2.33. The van der Waals surface area contributed by atoms with Gasteiger partial charge in [0, 0.05) is 35.8 Å². The Labute approximate surface area is 286 Å². The van der Waals surface area contributed by atoms with E-state index in [0.29, 0.717) is 22.4 Å². The first-order valence-corrected chi connectivity index (χ1v) is 15.8. The van der Waals surface area contributed by atoms with E-state index < -0.39 is 23.1 Å². The number of carbonyl (C=O) groups is 1. The van der Waals surface area contributed by atoms with E-state index in [1.807, 2.05) is 93.0 Å². The standard InChI is InChI=1S/C39H34F2N6O3/c1-46(2)22-26-10-14-29(15-11-26)44-36(28-8-4-3-5-9-28)35-30-16-12-25(20-34(30)45-38(35)49)7-6-18-43-37(48)31-21-42-24-47(39(31)50)23-27-13-17-32(40)33(41)19-27/h3-17,19-21,24,45,49H,18,22-23H2,1-2H3,(H,43,48)/b7-6+,44-36?. The third kappa shape index (κ3) is 7.74. The number of hydrogen-bond acceptors (Lipinski definition) is 6. The van der Waals surface area contributed by atoms with E-state index in [0.717, 1.165) is 45.4 Å². The van der Waals surface area contributed by atoms with Crippen LogP contribution in [0.15, 0.2) is 119 Å². The van der Waals surface area contributed by atoms with Crippen molar-refractivity contribution in [3.63, 3.8) is 0 Å². The second-order valence-corrected chi connectivity index (χ2v) is 12.0. The third-order valence-electron chi connectivity index (χ3n) is 7.94. The highest BCUT2D eigenvalue weighted by atomic mass is 19.2. The average Bonchev–Trinajstić information content (AvgIpc) is 3.43. The number of rotatable bonds is 11. The molecule has 2 heterocycles. The quantitative estimate of drug-likeness (QED) is 0.137. The van der Waals surface area contributed by atoms with Crippen molar-refractivity contribution < 1.29 is 18.7 Å². The minimum atomic E-state index is -1.03. The molecule has 0 fully saturated rings. The van der Waals surface area contributed by atoms with Crippen LogP contribution in [0.1, 0.15) is 38.2 Å². The van der Waals surface area contributed by atoms with Crippen LogP contribution in [0.4, 0.5) is 14.5 Å². The number of aromatic hydroxyl groups is 1. The fourth-order valence-corrected chi connectivity index (χ4v) is 5.57. The van der Waals surface area contributed by atoms with E-state index in [2.05, 4.69) is 20.2 Å². The number of fused-ring (bicyclic) bond motifs is 1. The zero-order chi connectivity index (χ0) is 35.2. The van der Waals surface area contributed by atoms with Gasteiger partial charge in [0.1, 0.15) is 5.56 Å². The first-order chi connectivity index (χ1) is 24.2. The van der Waals surface area contributed by atoms with Crippen LogP contribution in [0.25, 0.3) is 17.0 Å². The molecule has 4 aromatic carbocycles. The largest absolute Gasteiger partial charge is 0.494 e. The lowest BCUT2D eigenvalue weighted by atomic mass is 10.00. The van der Waals surface area contributed by atoms with Gasteiger partial charge >= 0.3 is 0 Å². The summed E-state index contributed by atoms with van der Waals surface area (Å²) in [6.45, 7) is 0.858. The second kappa shape index (κ2) is 14.9. The maximum absolute atomic E-state index is 13.6. The smallest absolute Gasteiger partial charge is 0.266 e. The van der Waals surface area contributed by atoms with Gasteiger partial charge < -0.3 is 20.3 Å². The van der Waals surface area contributed by atoms with Gasteiger partial charge in [-0.3, -0.25) is 14.2 Å². The van der Waals surface area contributed by atoms with Crippen LogP contribution >= 0.6 is 0 Å². The molecule has 6 rings (SSSR count). The molecule has 0 saturated carbocycles. The predicted molar refractivity (Wildman–Crippen MR) is 191 cm³/mol. The number of benzene rings is 4. The Morgan fingerprint density at radius 1 is 0.980 bits per heavy atom. The molecular formula is C39H34F2N6O3. The Morgan fingerprint density at radius 3 is 2.48 bits per heavy atom. The Bertz CT molecular complexity index is 2280. The lowest BCUT2D eigenvalue weighted by Gasteiger charge is -2.10. The van der Waals surface area contributed by atoms with Crippen LogP contribution in [0.5, 0.6) is 5.88 Å². The number of amides is 1. The summed E-state index contributed by atoms with van der Waals surface area (Å²) in [5.74, 6) is -2.65. The van der Waals surface area contributed by atoms with E-state index in [1.165, 1.54) is 24.2 Å². The normalized spacial score (nSPS) is 11.9. The van der Waals surface area contributed by atoms with Gasteiger partial charge in [-0.05, 0) is 61.1 Å². The molecule has 11 heteroatoms. The minimum absolute atomic E-state index is 0.00749. The monoisotopic (exact) mass is 672 g/mol. The van der Waals surface area contributed by atoms with Crippen molar-refractivity contribution in [2.45, 2.75) is 13.1 Å². The average molecular weight is 673 g/mol. The maximum Gasteiger partial charge on any atom is 0.266 e. The maximum atomic E-state index is 13.6. The summed E-state index contributed by atoms with van der Waals surface area (Å²) >= 11 is 0. The molecule has 0 unspecified atom stereocenters. The summed E-state index contributed by atoms with van der Waals surface area (Å²) in [5, 5.41) is 14.6. The van der Waals surface area contributed by atoms with Crippen LogP contribution in [0.2, 0.25) is 0 Å². The molecule has 0 spiro atoms. The van der Waals surface area contributed by atoms with Gasteiger partial charge in [0.05, 0.1) is 29.8 Å². The molecule has 9 nitrogen and oxygen atoms in total. The van der Waals surface area contributed by atoms with Crippen molar-refractivity contribution in [1.82, 2.24) is 24.8 Å². The first-order valence-electron chi connectivity index (χ1n) is 15.8.